The molecule has 1 aliphatic carbocycles. The fourth-order valence-electron chi connectivity index (χ4n) is 2.70. The van der Waals surface area contributed by atoms with Crippen LogP contribution in [0.4, 0.5) is 5.82 Å². The summed E-state index contributed by atoms with van der Waals surface area (Å²) in [5.74, 6) is 7.87. The molecule has 4 heteroatoms. The van der Waals surface area contributed by atoms with E-state index in [1.54, 1.807) is 0 Å². The van der Waals surface area contributed by atoms with Crippen LogP contribution in [0, 0.1) is 6.92 Å². The lowest BCUT2D eigenvalue weighted by Crippen LogP contribution is -2.17. The quantitative estimate of drug-likeness (QED) is 0.623. The van der Waals surface area contributed by atoms with E-state index in [9.17, 15) is 0 Å². The summed E-state index contributed by atoms with van der Waals surface area (Å²) in [5, 5.41) is 0. The minimum Gasteiger partial charge on any atom is -0.308 e. The zero-order valence-electron chi connectivity index (χ0n) is 10.8. The fourth-order valence-corrected chi connectivity index (χ4v) is 2.70. The van der Waals surface area contributed by atoms with Gasteiger partial charge in [-0.15, -0.1) is 0 Å². The number of anilines is 1. The van der Waals surface area contributed by atoms with E-state index in [-0.39, 0.29) is 0 Å². The molecule has 0 bridgehead atoms. The average molecular weight is 234 g/mol. The molecule has 3 N–H and O–H groups in total. The second-order valence-corrected chi connectivity index (χ2v) is 4.83. The Morgan fingerprint density at radius 1 is 1.24 bits per heavy atom. The first-order chi connectivity index (χ1) is 8.26. The number of aromatic nitrogens is 2. The van der Waals surface area contributed by atoms with Gasteiger partial charge in [0.25, 0.3) is 0 Å². The number of hydrogen-bond donors (Lipinski definition) is 2. The van der Waals surface area contributed by atoms with E-state index in [2.05, 4.69) is 22.3 Å². The van der Waals surface area contributed by atoms with Crippen LogP contribution in [0.3, 0.4) is 0 Å². The number of hydrazine groups is 1. The lowest BCUT2D eigenvalue weighted by Gasteiger charge is -2.22. The molecule has 0 spiro atoms. The van der Waals surface area contributed by atoms with Gasteiger partial charge in [-0.25, -0.2) is 15.8 Å². The number of rotatable bonds is 3. The zero-order chi connectivity index (χ0) is 12.3. The van der Waals surface area contributed by atoms with Crippen LogP contribution >= 0.6 is 0 Å². The Kier molecular flexibility index (Phi) is 3.94. The summed E-state index contributed by atoms with van der Waals surface area (Å²) in [6.07, 6.45) is 7.30. The number of hydrogen-bond acceptors (Lipinski definition) is 4. The minimum atomic E-state index is 0.528. The highest BCUT2D eigenvalue weighted by atomic mass is 15.3. The van der Waals surface area contributed by atoms with Crippen molar-refractivity contribution in [3.63, 3.8) is 0 Å². The first kappa shape index (κ1) is 12.3. The highest BCUT2D eigenvalue weighted by molar-refractivity contribution is 5.45. The third kappa shape index (κ3) is 2.57. The third-order valence-corrected chi connectivity index (χ3v) is 3.69. The molecule has 17 heavy (non-hydrogen) atoms. The topological polar surface area (TPSA) is 63.8 Å². The number of nitrogens with one attached hydrogen (secondary N) is 1. The van der Waals surface area contributed by atoms with E-state index < -0.39 is 0 Å². The summed E-state index contributed by atoms with van der Waals surface area (Å²) in [6, 6.07) is 0. The van der Waals surface area contributed by atoms with Crippen LogP contribution in [0.1, 0.15) is 62.0 Å². The summed E-state index contributed by atoms with van der Waals surface area (Å²) in [4.78, 5) is 9.27. The summed E-state index contributed by atoms with van der Waals surface area (Å²) in [6.45, 7) is 4.15. The van der Waals surface area contributed by atoms with Crippen LogP contribution in [-0.2, 0) is 6.42 Å². The molecule has 0 atom stereocenters. The van der Waals surface area contributed by atoms with Gasteiger partial charge in [0.05, 0.1) is 0 Å². The molecule has 0 radical (unpaired) electrons. The van der Waals surface area contributed by atoms with Crippen LogP contribution in [0.5, 0.6) is 0 Å². The van der Waals surface area contributed by atoms with Gasteiger partial charge >= 0.3 is 0 Å². The van der Waals surface area contributed by atoms with Crippen molar-refractivity contribution in [1.82, 2.24) is 9.97 Å². The molecule has 4 nitrogen and oxygen atoms in total. The second-order valence-electron chi connectivity index (χ2n) is 4.83. The van der Waals surface area contributed by atoms with Crippen LogP contribution in [0.25, 0.3) is 0 Å². The molecule has 0 saturated heterocycles. The van der Waals surface area contributed by atoms with E-state index in [4.69, 9.17) is 5.84 Å². The first-order valence-corrected chi connectivity index (χ1v) is 6.60. The Bertz CT molecular complexity index is 383. The molecule has 1 aromatic heterocycles. The Morgan fingerprint density at radius 3 is 2.53 bits per heavy atom. The van der Waals surface area contributed by atoms with Crippen molar-refractivity contribution in [2.75, 3.05) is 5.43 Å². The summed E-state index contributed by atoms with van der Waals surface area (Å²) >= 11 is 0. The fraction of sp³-hybridized carbons (Fsp3) is 0.692. The van der Waals surface area contributed by atoms with Crippen LogP contribution < -0.4 is 11.3 Å². The Hall–Kier alpha value is -1.16. The van der Waals surface area contributed by atoms with Crippen LogP contribution in [0.15, 0.2) is 0 Å². The van der Waals surface area contributed by atoms with Crippen molar-refractivity contribution in [3.05, 3.63) is 17.1 Å². The van der Waals surface area contributed by atoms with E-state index >= 15 is 0 Å². The SMILES string of the molecule is CCc1c(C)nc(C2CCCCC2)nc1NN. The van der Waals surface area contributed by atoms with E-state index in [0.29, 0.717) is 5.92 Å². The number of nitrogen functional groups attached to an aromatic ring is 1. The normalized spacial score (nSPS) is 17.1. The van der Waals surface area contributed by atoms with Crippen LogP contribution in [-0.4, -0.2) is 9.97 Å². The van der Waals surface area contributed by atoms with Crippen molar-refractivity contribution < 1.29 is 0 Å². The Labute approximate surface area is 103 Å². The van der Waals surface area contributed by atoms with Gasteiger partial charge in [0.15, 0.2) is 0 Å². The summed E-state index contributed by atoms with van der Waals surface area (Å²) in [5.41, 5.74) is 4.91. The van der Waals surface area contributed by atoms with Crippen molar-refractivity contribution in [2.45, 2.75) is 58.3 Å². The lowest BCUT2D eigenvalue weighted by atomic mass is 9.88. The summed E-state index contributed by atoms with van der Waals surface area (Å²) in [7, 11) is 0. The maximum absolute atomic E-state index is 5.55. The van der Waals surface area contributed by atoms with Gasteiger partial charge in [0, 0.05) is 17.2 Å². The largest absolute Gasteiger partial charge is 0.308 e. The van der Waals surface area contributed by atoms with Gasteiger partial charge in [-0.05, 0) is 26.2 Å². The molecule has 0 unspecified atom stereocenters. The molecule has 0 amide bonds. The maximum Gasteiger partial charge on any atom is 0.147 e. The average Bonchev–Trinajstić information content (AvgIpc) is 2.38. The van der Waals surface area contributed by atoms with Crippen LogP contribution in [0.2, 0.25) is 0 Å². The molecule has 2 rings (SSSR count). The number of nitrogens with two attached hydrogens (primary N) is 1. The molecule has 0 aliphatic heterocycles. The Balaban J connectivity index is 2.31. The molecule has 1 aliphatic rings. The van der Waals surface area contributed by atoms with Crippen molar-refractivity contribution in [2.24, 2.45) is 5.84 Å². The maximum atomic E-state index is 5.55. The highest BCUT2D eigenvalue weighted by Gasteiger charge is 2.20. The molecule has 1 aromatic rings. The Morgan fingerprint density at radius 2 is 1.94 bits per heavy atom. The molecule has 1 heterocycles. The van der Waals surface area contributed by atoms with E-state index in [1.807, 2.05) is 6.92 Å². The van der Waals surface area contributed by atoms with Gasteiger partial charge in [-0.3, -0.25) is 0 Å². The van der Waals surface area contributed by atoms with Crippen molar-refractivity contribution in [3.8, 4) is 0 Å². The predicted molar refractivity (Wildman–Crippen MR) is 69.8 cm³/mol. The van der Waals surface area contributed by atoms with Gasteiger partial charge < -0.3 is 5.43 Å². The highest BCUT2D eigenvalue weighted by Crippen LogP contribution is 2.32. The minimum absolute atomic E-state index is 0.528. The van der Waals surface area contributed by atoms with Gasteiger partial charge in [0.2, 0.25) is 0 Å². The molecular formula is C13H22N4. The molecule has 1 fully saturated rings. The lowest BCUT2D eigenvalue weighted by molar-refractivity contribution is 0.428. The van der Waals surface area contributed by atoms with Gasteiger partial charge in [0.1, 0.15) is 11.6 Å². The van der Waals surface area contributed by atoms with Crippen molar-refractivity contribution >= 4 is 5.82 Å². The van der Waals surface area contributed by atoms with Gasteiger partial charge in [-0.1, -0.05) is 26.2 Å². The third-order valence-electron chi connectivity index (χ3n) is 3.69. The standard InChI is InChI=1S/C13H22N4/c1-3-11-9(2)15-12(16-13(11)17-14)10-7-5-4-6-8-10/h10H,3-8,14H2,1-2H3,(H,15,16,17). The van der Waals surface area contributed by atoms with E-state index in [1.165, 1.54) is 32.1 Å². The van der Waals surface area contributed by atoms with Gasteiger partial charge in [-0.2, -0.15) is 0 Å². The molecular weight excluding hydrogens is 212 g/mol. The first-order valence-electron chi connectivity index (χ1n) is 6.60. The number of aryl methyl sites for hydroxylation is 1. The smallest absolute Gasteiger partial charge is 0.147 e. The molecule has 1 saturated carbocycles. The van der Waals surface area contributed by atoms with E-state index in [0.717, 1.165) is 29.3 Å². The second kappa shape index (κ2) is 5.45. The monoisotopic (exact) mass is 234 g/mol. The molecule has 94 valence electrons. The van der Waals surface area contributed by atoms with Crippen molar-refractivity contribution in [1.29, 1.82) is 0 Å². The predicted octanol–water partition coefficient (Wildman–Crippen LogP) is 2.68. The summed E-state index contributed by atoms with van der Waals surface area (Å²) < 4.78 is 0. The number of nitrogens with zero attached hydrogens (tertiary/aromatic N) is 2. The molecule has 0 aromatic carbocycles. The zero-order valence-corrected chi connectivity index (χ0v) is 10.8.